The van der Waals surface area contributed by atoms with Crippen molar-refractivity contribution in [3.05, 3.63) is 48.0 Å². The lowest BCUT2D eigenvalue weighted by molar-refractivity contribution is 0.654. The van der Waals surface area contributed by atoms with Crippen LogP contribution in [0.15, 0.2) is 36.7 Å². The van der Waals surface area contributed by atoms with Gasteiger partial charge in [0.05, 0.1) is 4.75 Å². The highest BCUT2D eigenvalue weighted by Gasteiger charge is 2.39. The fourth-order valence-corrected chi connectivity index (χ4v) is 3.86. The monoisotopic (exact) mass is 218 g/mol. The van der Waals surface area contributed by atoms with Crippen molar-refractivity contribution >= 4 is 11.8 Å². The number of hydrogen-bond donors (Lipinski definition) is 2. The number of H-pyrrole nitrogens is 2. The highest BCUT2D eigenvalue weighted by Crippen LogP contribution is 2.50. The zero-order valence-electron chi connectivity index (χ0n) is 8.49. The van der Waals surface area contributed by atoms with Crippen molar-refractivity contribution in [1.82, 2.24) is 9.97 Å². The molecule has 0 amide bonds. The minimum atomic E-state index is 0.146. The highest BCUT2D eigenvalue weighted by molar-refractivity contribution is 8.00. The standard InChI is InChI=1S/C12H14N2S/c1-4-10(13-7-1)12(6-3-9-15-12)11-5-2-8-14-11/h1-2,4-5,7-8,13-14H,3,6,9H2. The Balaban J connectivity index is 2.10. The summed E-state index contributed by atoms with van der Waals surface area (Å²) < 4.78 is 0.146. The number of aromatic amines is 2. The summed E-state index contributed by atoms with van der Waals surface area (Å²) in [5.74, 6) is 1.25. The third kappa shape index (κ3) is 1.34. The van der Waals surface area contributed by atoms with Crippen LogP contribution in [-0.4, -0.2) is 15.7 Å². The first kappa shape index (κ1) is 9.16. The molecule has 2 aromatic rings. The van der Waals surface area contributed by atoms with Crippen LogP contribution in [0.4, 0.5) is 0 Å². The van der Waals surface area contributed by atoms with Gasteiger partial charge in [0.2, 0.25) is 0 Å². The Morgan fingerprint density at radius 3 is 2.13 bits per heavy atom. The molecule has 3 heteroatoms. The quantitative estimate of drug-likeness (QED) is 0.797. The molecule has 0 aliphatic carbocycles. The van der Waals surface area contributed by atoms with Crippen LogP contribution in [0.25, 0.3) is 0 Å². The summed E-state index contributed by atoms with van der Waals surface area (Å²) in [4.78, 5) is 6.73. The van der Waals surface area contributed by atoms with E-state index in [2.05, 4.69) is 34.2 Å². The van der Waals surface area contributed by atoms with E-state index in [4.69, 9.17) is 0 Å². The minimum absolute atomic E-state index is 0.146. The normalized spacial score (nSPS) is 19.5. The van der Waals surface area contributed by atoms with E-state index in [1.165, 1.54) is 30.0 Å². The van der Waals surface area contributed by atoms with E-state index in [-0.39, 0.29) is 4.75 Å². The van der Waals surface area contributed by atoms with Gasteiger partial charge >= 0.3 is 0 Å². The number of aromatic nitrogens is 2. The molecule has 1 aliphatic rings. The van der Waals surface area contributed by atoms with Crippen molar-refractivity contribution in [2.75, 3.05) is 5.75 Å². The Morgan fingerprint density at radius 1 is 1.07 bits per heavy atom. The number of hydrogen-bond acceptors (Lipinski definition) is 1. The number of nitrogens with one attached hydrogen (secondary N) is 2. The predicted molar refractivity (Wildman–Crippen MR) is 64.1 cm³/mol. The molecule has 0 unspecified atom stereocenters. The summed E-state index contributed by atoms with van der Waals surface area (Å²) in [6, 6.07) is 8.55. The van der Waals surface area contributed by atoms with Crippen molar-refractivity contribution in [3.63, 3.8) is 0 Å². The molecule has 2 N–H and O–H groups in total. The Labute approximate surface area is 93.5 Å². The van der Waals surface area contributed by atoms with Crippen LogP contribution in [0.2, 0.25) is 0 Å². The maximum Gasteiger partial charge on any atom is 0.0954 e. The molecule has 0 saturated carbocycles. The molecule has 0 atom stereocenters. The molecule has 0 aromatic carbocycles. The smallest absolute Gasteiger partial charge is 0.0954 e. The summed E-state index contributed by atoms with van der Waals surface area (Å²) in [5, 5.41) is 0. The van der Waals surface area contributed by atoms with Crippen molar-refractivity contribution in [2.24, 2.45) is 0 Å². The van der Waals surface area contributed by atoms with Crippen LogP contribution in [0.1, 0.15) is 24.2 Å². The summed E-state index contributed by atoms with van der Waals surface area (Å²) in [7, 11) is 0. The molecule has 1 fully saturated rings. The zero-order valence-corrected chi connectivity index (χ0v) is 9.31. The highest BCUT2D eigenvalue weighted by atomic mass is 32.2. The Kier molecular flexibility index (Phi) is 2.13. The summed E-state index contributed by atoms with van der Waals surface area (Å²) >= 11 is 2.04. The molecule has 1 saturated heterocycles. The number of thioether (sulfide) groups is 1. The Bertz CT molecular complexity index is 374. The van der Waals surface area contributed by atoms with Crippen LogP contribution in [0.3, 0.4) is 0 Å². The van der Waals surface area contributed by atoms with Crippen LogP contribution in [-0.2, 0) is 4.75 Å². The largest absolute Gasteiger partial charge is 0.364 e. The molecule has 2 nitrogen and oxygen atoms in total. The first-order valence-corrected chi connectivity index (χ1v) is 6.32. The van der Waals surface area contributed by atoms with Gasteiger partial charge in [0.15, 0.2) is 0 Å². The van der Waals surface area contributed by atoms with E-state index in [1.54, 1.807) is 0 Å². The SMILES string of the molecule is c1c[nH]c(C2(c3ccc[nH]3)CCCS2)c1. The van der Waals surface area contributed by atoms with Gasteiger partial charge in [0, 0.05) is 23.8 Å². The second-order valence-corrected chi connectivity index (χ2v) is 5.34. The van der Waals surface area contributed by atoms with Gasteiger partial charge in [-0.3, -0.25) is 0 Å². The van der Waals surface area contributed by atoms with Crippen molar-refractivity contribution in [2.45, 2.75) is 17.6 Å². The fourth-order valence-electron chi connectivity index (χ4n) is 2.37. The van der Waals surface area contributed by atoms with E-state index < -0.39 is 0 Å². The maximum atomic E-state index is 3.37. The van der Waals surface area contributed by atoms with Gasteiger partial charge in [0.1, 0.15) is 0 Å². The zero-order chi connectivity index (χ0) is 10.1. The topological polar surface area (TPSA) is 31.6 Å². The lowest BCUT2D eigenvalue weighted by Gasteiger charge is -2.26. The molecular weight excluding hydrogens is 204 g/mol. The van der Waals surface area contributed by atoms with Crippen molar-refractivity contribution < 1.29 is 0 Å². The second kappa shape index (κ2) is 3.49. The molecular formula is C12H14N2S. The van der Waals surface area contributed by atoms with Crippen molar-refractivity contribution in [1.29, 1.82) is 0 Å². The summed E-state index contributed by atoms with van der Waals surface area (Å²) in [6.07, 6.45) is 6.54. The molecule has 0 radical (unpaired) electrons. The molecule has 3 rings (SSSR count). The third-order valence-corrected chi connectivity index (χ3v) is 4.72. The Hall–Kier alpha value is -1.09. The van der Waals surface area contributed by atoms with Crippen LogP contribution >= 0.6 is 11.8 Å². The van der Waals surface area contributed by atoms with Gasteiger partial charge in [-0.1, -0.05) is 0 Å². The van der Waals surface area contributed by atoms with Crippen LogP contribution in [0, 0.1) is 0 Å². The van der Waals surface area contributed by atoms with E-state index in [1.807, 2.05) is 24.2 Å². The van der Waals surface area contributed by atoms with Crippen molar-refractivity contribution in [3.8, 4) is 0 Å². The second-order valence-electron chi connectivity index (χ2n) is 3.95. The predicted octanol–water partition coefficient (Wildman–Crippen LogP) is 3.11. The van der Waals surface area contributed by atoms with Crippen LogP contribution < -0.4 is 0 Å². The first-order valence-electron chi connectivity index (χ1n) is 5.33. The van der Waals surface area contributed by atoms with Gasteiger partial charge < -0.3 is 9.97 Å². The minimum Gasteiger partial charge on any atom is -0.364 e. The van der Waals surface area contributed by atoms with Gasteiger partial charge in [0.25, 0.3) is 0 Å². The van der Waals surface area contributed by atoms with E-state index in [0.29, 0.717) is 0 Å². The van der Waals surface area contributed by atoms with Gasteiger partial charge in [-0.2, -0.15) is 0 Å². The molecule has 1 aliphatic heterocycles. The van der Waals surface area contributed by atoms with E-state index in [9.17, 15) is 0 Å². The third-order valence-electron chi connectivity index (χ3n) is 3.09. The van der Waals surface area contributed by atoms with E-state index >= 15 is 0 Å². The van der Waals surface area contributed by atoms with Gasteiger partial charge in [-0.15, -0.1) is 11.8 Å². The van der Waals surface area contributed by atoms with E-state index in [0.717, 1.165) is 0 Å². The average Bonchev–Trinajstić information content (AvgIpc) is 3.02. The molecule has 0 bridgehead atoms. The Morgan fingerprint density at radius 2 is 1.73 bits per heavy atom. The fraction of sp³-hybridized carbons (Fsp3) is 0.333. The van der Waals surface area contributed by atoms with Crippen LogP contribution in [0.5, 0.6) is 0 Å². The lowest BCUT2D eigenvalue weighted by Crippen LogP contribution is -2.20. The van der Waals surface area contributed by atoms with Gasteiger partial charge in [-0.25, -0.2) is 0 Å². The summed E-state index contributed by atoms with van der Waals surface area (Å²) in [6.45, 7) is 0. The molecule has 78 valence electrons. The molecule has 2 aromatic heterocycles. The number of rotatable bonds is 2. The molecule has 3 heterocycles. The molecule has 0 spiro atoms. The maximum absolute atomic E-state index is 3.37. The lowest BCUT2D eigenvalue weighted by atomic mass is 9.95. The average molecular weight is 218 g/mol. The summed E-state index contributed by atoms with van der Waals surface area (Å²) in [5.41, 5.74) is 2.65. The first-order chi connectivity index (χ1) is 7.42. The van der Waals surface area contributed by atoms with Gasteiger partial charge in [-0.05, 0) is 42.9 Å². The molecule has 15 heavy (non-hydrogen) atoms.